The van der Waals surface area contributed by atoms with Crippen LogP contribution in [-0.4, -0.2) is 14.3 Å². The Morgan fingerprint density at radius 1 is 1.04 bits per heavy atom. The molecule has 3 aromatic rings. The highest BCUT2D eigenvalue weighted by atomic mass is 32.2. The first kappa shape index (κ1) is 17.8. The highest BCUT2D eigenvalue weighted by molar-refractivity contribution is 7.89. The van der Waals surface area contributed by atoms with Gasteiger partial charge in [-0.25, -0.2) is 17.5 Å². The highest BCUT2D eigenvalue weighted by Gasteiger charge is 2.15. The van der Waals surface area contributed by atoms with Gasteiger partial charge in [-0.05, 0) is 54.6 Å². The summed E-state index contributed by atoms with van der Waals surface area (Å²) in [6, 6.07) is 14.2. The molecule has 2 N–H and O–H groups in total. The molecule has 1 aromatic heterocycles. The van der Waals surface area contributed by atoms with Crippen LogP contribution in [0.3, 0.4) is 0 Å². The average Bonchev–Trinajstić information content (AvgIpc) is 3.14. The summed E-state index contributed by atoms with van der Waals surface area (Å²) in [6.45, 7) is 0.0154. The van der Waals surface area contributed by atoms with Crippen LogP contribution in [-0.2, 0) is 16.6 Å². The molecule has 26 heavy (non-hydrogen) atoms. The smallest absolute Gasteiger partial charge is 0.255 e. The lowest BCUT2D eigenvalue weighted by atomic mass is 10.2. The molecule has 0 saturated carbocycles. The Balaban J connectivity index is 1.72. The van der Waals surface area contributed by atoms with E-state index in [0.717, 1.165) is 0 Å². The first-order valence-corrected chi connectivity index (χ1v) is 9.11. The van der Waals surface area contributed by atoms with Crippen molar-refractivity contribution < 1.29 is 22.0 Å². The van der Waals surface area contributed by atoms with Crippen molar-refractivity contribution in [3.63, 3.8) is 0 Å². The largest absolute Gasteiger partial charge is 0.468 e. The summed E-state index contributed by atoms with van der Waals surface area (Å²) >= 11 is 0. The zero-order valence-corrected chi connectivity index (χ0v) is 14.3. The molecule has 3 rings (SSSR count). The number of carbonyl (C=O) groups is 1. The number of anilines is 1. The zero-order valence-electron chi connectivity index (χ0n) is 13.5. The number of sulfonamides is 1. The molecule has 0 aliphatic heterocycles. The Labute approximate surface area is 149 Å². The molecule has 0 unspecified atom stereocenters. The fourth-order valence-corrected chi connectivity index (χ4v) is 3.25. The molecule has 0 aliphatic carbocycles. The van der Waals surface area contributed by atoms with Gasteiger partial charge in [0.1, 0.15) is 11.6 Å². The molecule has 0 atom stereocenters. The fraction of sp³-hybridized carbons (Fsp3) is 0.0556. The molecular formula is C18H15FN2O4S. The summed E-state index contributed by atoms with van der Waals surface area (Å²) < 4.78 is 45.2. The van der Waals surface area contributed by atoms with Crippen molar-refractivity contribution in [3.05, 3.63) is 84.1 Å². The lowest BCUT2D eigenvalue weighted by molar-refractivity contribution is 0.102. The Kier molecular flexibility index (Phi) is 5.15. The van der Waals surface area contributed by atoms with Crippen molar-refractivity contribution in [2.75, 3.05) is 5.32 Å². The van der Waals surface area contributed by atoms with Crippen LogP contribution in [0.15, 0.2) is 76.2 Å². The molecular weight excluding hydrogens is 359 g/mol. The quantitative estimate of drug-likeness (QED) is 0.694. The van der Waals surface area contributed by atoms with E-state index in [-0.39, 0.29) is 17.0 Å². The summed E-state index contributed by atoms with van der Waals surface area (Å²) in [5.74, 6) is -0.435. The summed E-state index contributed by atoms with van der Waals surface area (Å²) in [4.78, 5) is 12.2. The fourth-order valence-electron chi connectivity index (χ4n) is 2.21. The van der Waals surface area contributed by atoms with Crippen LogP contribution >= 0.6 is 0 Å². The van der Waals surface area contributed by atoms with E-state index in [1.54, 1.807) is 18.2 Å². The van der Waals surface area contributed by atoms with E-state index in [9.17, 15) is 17.6 Å². The molecule has 0 saturated heterocycles. The molecule has 0 fully saturated rings. The third-order valence-corrected chi connectivity index (χ3v) is 4.92. The van der Waals surface area contributed by atoms with Gasteiger partial charge < -0.3 is 9.73 Å². The van der Waals surface area contributed by atoms with E-state index < -0.39 is 21.7 Å². The summed E-state index contributed by atoms with van der Waals surface area (Å²) in [6.07, 6.45) is 1.45. The van der Waals surface area contributed by atoms with Crippen molar-refractivity contribution in [2.24, 2.45) is 0 Å². The van der Waals surface area contributed by atoms with Crippen LogP contribution in [0.2, 0.25) is 0 Å². The predicted molar refractivity (Wildman–Crippen MR) is 93.5 cm³/mol. The Bertz CT molecular complexity index is 1000. The van der Waals surface area contributed by atoms with Gasteiger partial charge in [-0.1, -0.05) is 6.07 Å². The van der Waals surface area contributed by atoms with E-state index in [2.05, 4.69) is 10.0 Å². The van der Waals surface area contributed by atoms with Gasteiger partial charge in [0, 0.05) is 11.3 Å². The molecule has 134 valence electrons. The van der Waals surface area contributed by atoms with Gasteiger partial charge in [-0.2, -0.15) is 0 Å². The molecule has 0 bridgehead atoms. The first-order valence-electron chi connectivity index (χ1n) is 7.63. The average molecular weight is 374 g/mol. The molecule has 0 spiro atoms. The number of rotatable bonds is 6. The molecule has 1 amide bonds. The number of halogens is 1. The van der Waals surface area contributed by atoms with Gasteiger partial charge in [0.25, 0.3) is 5.91 Å². The third kappa shape index (κ3) is 4.35. The van der Waals surface area contributed by atoms with Crippen LogP contribution < -0.4 is 10.0 Å². The number of benzene rings is 2. The second-order valence-corrected chi connectivity index (χ2v) is 7.16. The summed E-state index contributed by atoms with van der Waals surface area (Å²) in [5.41, 5.74) is 0.566. The van der Waals surface area contributed by atoms with Gasteiger partial charge in [0.2, 0.25) is 10.0 Å². The molecule has 2 aromatic carbocycles. The van der Waals surface area contributed by atoms with Crippen LogP contribution in [0.25, 0.3) is 0 Å². The lowest BCUT2D eigenvalue weighted by Gasteiger charge is -2.09. The normalized spacial score (nSPS) is 11.3. The number of hydrogen-bond donors (Lipinski definition) is 2. The molecule has 0 aliphatic rings. The minimum Gasteiger partial charge on any atom is -0.468 e. The van der Waals surface area contributed by atoms with Crippen molar-refractivity contribution in [2.45, 2.75) is 11.4 Å². The van der Waals surface area contributed by atoms with Gasteiger partial charge in [-0.3, -0.25) is 4.79 Å². The van der Waals surface area contributed by atoms with Gasteiger partial charge >= 0.3 is 0 Å². The second-order valence-electron chi connectivity index (χ2n) is 5.39. The molecule has 0 radical (unpaired) electrons. The second kappa shape index (κ2) is 7.51. The minimum atomic E-state index is -3.78. The number of furan rings is 1. The van der Waals surface area contributed by atoms with Crippen LogP contribution in [0.4, 0.5) is 10.1 Å². The topological polar surface area (TPSA) is 88.4 Å². The van der Waals surface area contributed by atoms with Crippen molar-refractivity contribution >= 4 is 21.6 Å². The number of hydrogen-bond acceptors (Lipinski definition) is 4. The van der Waals surface area contributed by atoms with Crippen molar-refractivity contribution in [3.8, 4) is 0 Å². The minimum absolute atomic E-state index is 0.000891. The van der Waals surface area contributed by atoms with E-state index >= 15 is 0 Å². The van der Waals surface area contributed by atoms with Gasteiger partial charge in [0.15, 0.2) is 0 Å². The van der Waals surface area contributed by atoms with Gasteiger partial charge in [0.05, 0.1) is 17.7 Å². The SMILES string of the molecule is O=C(Nc1cccc(S(=O)(=O)NCc2ccco2)c1)c1ccc(F)cc1. The first-order chi connectivity index (χ1) is 12.4. The maximum absolute atomic E-state index is 12.9. The Morgan fingerprint density at radius 3 is 2.50 bits per heavy atom. The highest BCUT2D eigenvalue weighted by Crippen LogP contribution is 2.17. The Morgan fingerprint density at radius 2 is 1.81 bits per heavy atom. The van der Waals surface area contributed by atoms with E-state index in [4.69, 9.17) is 4.42 Å². The summed E-state index contributed by atoms with van der Waals surface area (Å²) in [5, 5.41) is 2.59. The lowest BCUT2D eigenvalue weighted by Crippen LogP contribution is -2.23. The molecule has 8 heteroatoms. The number of amides is 1. The standard InChI is InChI=1S/C18H15FN2O4S/c19-14-8-6-13(7-9-14)18(22)21-15-3-1-5-17(11-15)26(23,24)20-12-16-4-2-10-25-16/h1-11,20H,12H2,(H,21,22). The van der Waals surface area contributed by atoms with Crippen molar-refractivity contribution in [1.29, 1.82) is 0 Å². The van der Waals surface area contributed by atoms with E-state index in [0.29, 0.717) is 11.4 Å². The number of carbonyl (C=O) groups excluding carboxylic acids is 1. The molecule has 1 heterocycles. The maximum atomic E-state index is 12.9. The van der Waals surface area contributed by atoms with E-state index in [1.807, 2.05) is 0 Å². The predicted octanol–water partition coefficient (Wildman–Crippen LogP) is 3.15. The van der Waals surface area contributed by atoms with E-state index in [1.165, 1.54) is 48.7 Å². The van der Waals surface area contributed by atoms with Crippen molar-refractivity contribution in [1.82, 2.24) is 4.72 Å². The monoisotopic (exact) mass is 374 g/mol. The Hall–Kier alpha value is -2.97. The van der Waals surface area contributed by atoms with Crippen LogP contribution in [0.5, 0.6) is 0 Å². The van der Waals surface area contributed by atoms with Crippen LogP contribution in [0, 0.1) is 5.82 Å². The molecule has 6 nitrogen and oxygen atoms in total. The zero-order chi connectivity index (χ0) is 18.6. The van der Waals surface area contributed by atoms with Crippen LogP contribution in [0.1, 0.15) is 16.1 Å². The third-order valence-electron chi connectivity index (χ3n) is 3.53. The summed E-state index contributed by atoms with van der Waals surface area (Å²) in [7, 11) is -3.78. The van der Waals surface area contributed by atoms with Gasteiger partial charge in [-0.15, -0.1) is 0 Å². The maximum Gasteiger partial charge on any atom is 0.255 e. The number of nitrogens with one attached hydrogen (secondary N) is 2.